The smallest absolute Gasteiger partial charge is 0.417 e. The number of nitrogens with one attached hydrogen (secondary N) is 1. The minimum Gasteiger partial charge on any atom is -0.480 e. The van der Waals surface area contributed by atoms with Crippen molar-refractivity contribution < 1.29 is 9.15 Å². The SMILES string of the molecule is COc1cnc(-c2ccc(Cl)c3[nH]c(=O)oc23)cn1. The van der Waals surface area contributed by atoms with Crippen LogP contribution in [0.15, 0.2) is 33.7 Å². The summed E-state index contributed by atoms with van der Waals surface area (Å²) < 4.78 is 10.0. The largest absolute Gasteiger partial charge is 0.480 e. The van der Waals surface area contributed by atoms with E-state index in [4.69, 9.17) is 20.8 Å². The van der Waals surface area contributed by atoms with Gasteiger partial charge in [-0.2, -0.15) is 0 Å². The second-order valence-electron chi connectivity index (χ2n) is 3.76. The highest BCUT2D eigenvalue weighted by Crippen LogP contribution is 2.30. The lowest BCUT2D eigenvalue weighted by atomic mass is 10.1. The Balaban J connectivity index is 2.24. The Labute approximate surface area is 112 Å². The average Bonchev–Trinajstić information content (AvgIpc) is 2.82. The summed E-state index contributed by atoms with van der Waals surface area (Å²) in [4.78, 5) is 22.1. The van der Waals surface area contributed by atoms with E-state index >= 15 is 0 Å². The van der Waals surface area contributed by atoms with E-state index in [2.05, 4.69) is 15.0 Å². The number of hydrogen-bond donors (Lipinski definition) is 1. The molecule has 6 nitrogen and oxygen atoms in total. The van der Waals surface area contributed by atoms with Crippen molar-refractivity contribution in [1.82, 2.24) is 15.0 Å². The molecule has 3 rings (SSSR count). The highest BCUT2D eigenvalue weighted by Gasteiger charge is 2.13. The number of hydrogen-bond acceptors (Lipinski definition) is 5. The molecule has 0 aliphatic carbocycles. The van der Waals surface area contributed by atoms with Gasteiger partial charge in [0.2, 0.25) is 5.88 Å². The first-order valence-electron chi connectivity index (χ1n) is 5.37. The number of H-pyrrole nitrogens is 1. The third kappa shape index (κ3) is 1.96. The number of fused-ring (bicyclic) bond motifs is 1. The van der Waals surface area contributed by atoms with E-state index < -0.39 is 5.76 Å². The predicted molar refractivity (Wildman–Crippen MR) is 69.4 cm³/mol. The lowest BCUT2D eigenvalue weighted by Crippen LogP contribution is -1.93. The lowest BCUT2D eigenvalue weighted by Gasteiger charge is -2.03. The van der Waals surface area contributed by atoms with Gasteiger partial charge < -0.3 is 9.15 Å². The summed E-state index contributed by atoms with van der Waals surface area (Å²) in [6, 6.07) is 3.38. The summed E-state index contributed by atoms with van der Waals surface area (Å²) in [5.74, 6) is -0.157. The lowest BCUT2D eigenvalue weighted by molar-refractivity contribution is 0.396. The van der Waals surface area contributed by atoms with Crippen molar-refractivity contribution in [1.29, 1.82) is 0 Å². The van der Waals surface area contributed by atoms with Gasteiger partial charge in [0, 0.05) is 5.56 Å². The second kappa shape index (κ2) is 4.40. The molecule has 1 N–H and O–H groups in total. The minimum absolute atomic E-state index is 0.358. The van der Waals surface area contributed by atoms with Crippen molar-refractivity contribution in [3.8, 4) is 17.1 Å². The molecule has 0 saturated carbocycles. The summed E-state index contributed by atoms with van der Waals surface area (Å²) >= 11 is 5.99. The van der Waals surface area contributed by atoms with Gasteiger partial charge in [-0.25, -0.2) is 14.8 Å². The Morgan fingerprint density at radius 1 is 1.32 bits per heavy atom. The first kappa shape index (κ1) is 11.7. The number of aromatic amines is 1. The number of aromatic nitrogens is 3. The summed E-state index contributed by atoms with van der Waals surface area (Å²) in [6.45, 7) is 0. The molecule has 0 aliphatic rings. The van der Waals surface area contributed by atoms with Crippen LogP contribution in [0.3, 0.4) is 0 Å². The molecular formula is C12H8ClN3O3. The Kier molecular flexibility index (Phi) is 2.72. The maximum Gasteiger partial charge on any atom is 0.417 e. The molecule has 0 fully saturated rings. The maximum atomic E-state index is 11.3. The minimum atomic E-state index is -0.564. The first-order valence-corrected chi connectivity index (χ1v) is 5.74. The molecule has 7 heteroatoms. The van der Waals surface area contributed by atoms with Crippen LogP contribution < -0.4 is 10.5 Å². The molecule has 0 aliphatic heterocycles. The standard InChI is InChI=1S/C12H8ClN3O3/c1-18-9-5-14-8(4-15-9)6-2-3-7(13)10-11(6)19-12(17)16-10/h2-5H,1H3,(H,16,17). The first-order chi connectivity index (χ1) is 9.19. The molecule has 0 atom stereocenters. The van der Waals surface area contributed by atoms with Crippen LogP contribution in [0.1, 0.15) is 0 Å². The fourth-order valence-electron chi connectivity index (χ4n) is 1.76. The third-order valence-corrected chi connectivity index (χ3v) is 2.96. The molecule has 0 spiro atoms. The molecule has 96 valence electrons. The molecular weight excluding hydrogens is 270 g/mol. The van der Waals surface area contributed by atoms with Crippen LogP contribution in [0.5, 0.6) is 5.88 Å². The summed E-state index contributed by atoms with van der Waals surface area (Å²) in [5.41, 5.74) is 2.00. The molecule has 2 heterocycles. The number of halogens is 1. The van der Waals surface area contributed by atoms with Crippen LogP contribution in [-0.4, -0.2) is 22.1 Å². The Morgan fingerprint density at radius 3 is 2.84 bits per heavy atom. The van der Waals surface area contributed by atoms with E-state index in [-0.39, 0.29) is 0 Å². The molecule has 2 aromatic heterocycles. The van der Waals surface area contributed by atoms with Crippen molar-refractivity contribution in [2.24, 2.45) is 0 Å². The normalized spacial score (nSPS) is 10.8. The predicted octanol–water partition coefficient (Wildman–Crippen LogP) is 2.24. The van der Waals surface area contributed by atoms with Gasteiger partial charge in [0.15, 0.2) is 5.58 Å². The second-order valence-corrected chi connectivity index (χ2v) is 4.16. The topological polar surface area (TPSA) is 81.0 Å². The maximum absolute atomic E-state index is 11.3. The number of rotatable bonds is 2. The number of nitrogens with zero attached hydrogens (tertiary/aromatic N) is 2. The van der Waals surface area contributed by atoms with Crippen molar-refractivity contribution in [2.45, 2.75) is 0 Å². The molecule has 0 unspecified atom stereocenters. The van der Waals surface area contributed by atoms with E-state index in [1.807, 2.05) is 0 Å². The van der Waals surface area contributed by atoms with Gasteiger partial charge in [0.05, 0.1) is 30.2 Å². The van der Waals surface area contributed by atoms with E-state index in [1.165, 1.54) is 19.5 Å². The van der Waals surface area contributed by atoms with Crippen molar-refractivity contribution in [3.63, 3.8) is 0 Å². The fourth-order valence-corrected chi connectivity index (χ4v) is 1.96. The highest BCUT2D eigenvalue weighted by atomic mass is 35.5. The molecule has 3 aromatic rings. The van der Waals surface area contributed by atoms with Crippen LogP contribution in [0.25, 0.3) is 22.4 Å². The third-order valence-electron chi connectivity index (χ3n) is 2.64. The molecule has 0 saturated heterocycles. The summed E-state index contributed by atoms with van der Waals surface area (Å²) in [6.07, 6.45) is 3.02. The monoisotopic (exact) mass is 277 g/mol. The number of benzene rings is 1. The van der Waals surface area contributed by atoms with E-state index in [0.717, 1.165) is 0 Å². The molecule has 0 radical (unpaired) electrons. The zero-order chi connectivity index (χ0) is 13.4. The van der Waals surface area contributed by atoms with Crippen LogP contribution in [0, 0.1) is 0 Å². The van der Waals surface area contributed by atoms with Gasteiger partial charge in [0.1, 0.15) is 5.52 Å². The average molecular weight is 278 g/mol. The van der Waals surface area contributed by atoms with Gasteiger partial charge in [-0.15, -0.1) is 0 Å². The van der Waals surface area contributed by atoms with Crippen molar-refractivity contribution in [3.05, 3.63) is 40.1 Å². The van der Waals surface area contributed by atoms with E-state index in [9.17, 15) is 4.79 Å². The Bertz CT molecular complexity index is 792. The van der Waals surface area contributed by atoms with Crippen LogP contribution in [-0.2, 0) is 0 Å². The van der Waals surface area contributed by atoms with Crippen LogP contribution in [0.4, 0.5) is 0 Å². The fraction of sp³-hybridized carbons (Fsp3) is 0.0833. The van der Waals surface area contributed by atoms with Gasteiger partial charge in [0.25, 0.3) is 0 Å². The van der Waals surface area contributed by atoms with Crippen LogP contribution >= 0.6 is 11.6 Å². The Hall–Kier alpha value is -2.34. The van der Waals surface area contributed by atoms with Gasteiger partial charge in [-0.1, -0.05) is 11.6 Å². The molecule has 0 amide bonds. The summed E-state index contributed by atoms with van der Waals surface area (Å²) in [7, 11) is 1.51. The molecule has 0 bridgehead atoms. The molecule has 1 aromatic carbocycles. The number of methoxy groups -OCH3 is 1. The van der Waals surface area contributed by atoms with Gasteiger partial charge >= 0.3 is 5.76 Å². The zero-order valence-electron chi connectivity index (χ0n) is 9.81. The van der Waals surface area contributed by atoms with Crippen LogP contribution in [0.2, 0.25) is 5.02 Å². The van der Waals surface area contributed by atoms with E-state index in [1.54, 1.807) is 12.1 Å². The Morgan fingerprint density at radius 2 is 2.16 bits per heavy atom. The highest BCUT2D eigenvalue weighted by molar-refractivity contribution is 6.35. The van der Waals surface area contributed by atoms with Crippen molar-refractivity contribution in [2.75, 3.05) is 7.11 Å². The number of ether oxygens (including phenoxy) is 1. The quantitative estimate of drug-likeness (QED) is 0.777. The number of oxazole rings is 1. The van der Waals surface area contributed by atoms with Gasteiger partial charge in [-0.05, 0) is 12.1 Å². The molecule has 19 heavy (non-hydrogen) atoms. The zero-order valence-corrected chi connectivity index (χ0v) is 10.6. The van der Waals surface area contributed by atoms with Crippen molar-refractivity contribution >= 4 is 22.7 Å². The van der Waals surface area contributed by atoms with Gasteiger partial charge in [-0.3, -0.25) is 4.98 Å². The van der Waals surface area contributed by atoms with E-state index in [0.29, 0.717) is 33.3 Å². The summed E-state index contributed by atoms with van der Waals surface area (Å²) in [5, 5.41) is 0.408.